The molecule has 0 aliphatic rings. The van der Waals surface area contributed by atoms with Crippen LogP contribution in [0.2, 0.25) is 0 Å². The number of aromatic amines is 1. The fraction of sp³-hybridized carbons (Fsp3) is 0.429. The van der Waals surface area contributed by atoms with Crippen molar-refractivity contribution < 1.29 is 9.90 Å². The monoisotopic (exact) mass is 277 g/mol. The van der Waals surface area contributed by atoms with Crippen molar-refractivity contribution in [2.75, 3.05) is 13.2 Å². The van der Waals surface area contributed by atoms with Crippen molar-refractivity contribution in [1.82, 2.24) is 14.9 Å². The number of para-hydroxylation sites is 2. The molecule has 6 nitrogen and oxygen atoms in total. The summed E-state index contributed by atoms with van der Waals surface area (Å²) < 4.78 is 1.42. The molecule has 108 valence electrons. The molecule has 1 heterocycles. The van der Waals surface area contributed by atoms with Crippen molar-refractivity contribution >= 4 is 16.9 Å². The molecule has 6 heteroatoms. The number of imidazole rings is 1. The van der Waals surface area contributed by atoms with Crippen molar-refractivity contribution in [3.05, 3.63) is 34.7 Å². The highest BCUT2D eigenvalue weighted by molar-refractivity contribution is 5.80. The summed E-state index contributed by atoms with van der Waals surface area (Å²) in [5, 5.41) is 11.6. The van der Waals surface area contributed by atoms with E-state index in [4.69, 9.17) is 5.11 Å². The van der Waals surface area contributed by atoms with Gasteiger partial charge in [-0.3, -0.25) is 9.36 Å². The second kappa shape index (κ2) is 6.38. The molecule has 0 aliphatic carbocycles. The minimum atomic E-state index is -0.287. The molecule has 1 aromatic heterocycles. The van der Waals surface area contributed by atoms with E-state index in [2.05, 4.69) is 10.3 Å². The number of hydrogen-bond donors (Lipinski definition) is 3. The molecule has 2 aromatic rings. The van der Waals surface area contributed by atoms with Gasteiger partial charge in [0.15, 0.2) is 0 Å². The summed E-state index contributed by atoms with van der Waals surface area (Å²) in [6.07, 6.45) is 0.646. The number of aromatic nitrogens is 2. The highest BCUT2D eigenvalue weighted by Crippen LogP contribution is 2.08. The van der Waals surface area contributed by atoms with E-state index in [0.29, 0.717) is 13.0 Å². The first-order valence-corrected chi connectivity index (χ1v) is 6.67. The third-order valence-corrected chi connectivity index (χ3v) is 3.25. The van der Waals surface area contributed by atoms with Gasteiger partial charge in [0.05, 0.1) is 11.0 Å². The van der Waals surface area contributed by atoms with Gasteiger partial charge < -0.3 is 15.4 Å². The average Bonchev–Trinajstić information content (AvgIpc) is 2.73. The third kappa shape index (κ3) is 3.27. The third-order valence-electron chi connectivity index (χ3n) is 3.25. The van der Waals surface area contributed by atoms with Crippen LogP contribution in [0.3, 0.4) is 0 Å². The van der Waals surface area contributed by atoms with E-state index >= 15 is 0 Å². The first kappa shape index (κ1) is 14.3. The van der Waals surface area contributed by atoms with Crippen LogP contribution in [-0.2, 0) is 11.3 Å². The summed E-state index contributed by atoms with van der Waals surface area (Å²) in [7, 11) is 0. The molecular formula is C14H19N3O3. The van der Waals surface area contributed by atoms with Gasteiger partial charge in [-0.2, -0.15) is 0 Å². The van der Waals surface area contributed by atoms with E-state index in [-0.39, 0.29) is 30.7 Å². The Morgan fingerprint density at radius 2 is 2.20 bits per heavy atom. The molecule has 0 saturated carbocycles. The van der Waals surface area contributed by atoms with E-state index in [1.807, 2.05) is 19.1 Å². The minimum Gasteiger partial charge on any atom is -0.396 e. The van der Waals surface area contributed by atoms with Crippen molar-refractivity contribution in [1.29, 1.82) is 0 Å². The molecule has 1 unspecified atom stereocenters. The van der Waals surface area contributed by atoms with Gasteiger partial charge in [-0.15, -0.1) is 0 Å². The Balaban J connectivity index is 2.03. The Morgan fingerprint density at radius 3 is 2.95 bits per heavy atom. The van der Waals surface area contributed by atoms with Crippen LogP contribution in [0.1, 0.15) is 13.3 Å². The highest BCUT2D eigenvalue weighted by atomic mass is 16.3. The molecule has 0 aliphatic heterocycles. The van der Waals surface area contributed by atoms with E-state index in [1.54, 1.807) is 12.1 Å². The normalized spacial score (nSPS) is 12.5. The predicted octanol–water partition coefficient (Wildman–Crippen LogP) is 0.464. The lowest BCUT2D eigenvalue weighted by Gasteiger charge is -2.11. The Hall–Kier alpha value is -2.08. The topological polar surface area (TPSA) is 87.1 Å². The summed E-state index contributed by atoms with van der Waals surface area (Å²) in [5.41, 5.74) is 1.15. The van der Waals surface area contributed by atoms with Crippen molar-refractivity contribution in [2.45, 2.75) is 19.9 Å². The van der Waals surface area contributed by atoms with E-state index in [0.717, 1.165) is 11.0 Å². The number of nitrogens with one attached hydrogen (secondary N) is 2. The molecule has 1 aromatic carbocycles. The van der Waals surface area contributed by atoms with Crippen molar-refractivity contribution in [3.63, 3.8) is 0 Å². The number of rotatable bonds is 6. The van der Waals surface area contributed by atoms with E-state index < -0.39 is 0 Å². The number of hydrogen-bond acceptors (Lipinski definition) is 3. The van der Waals surface area contributed by atoms with Crippen molar-refractivity contribution in [2.24, 2.45) is 5.92 Å². The lowest BCUT2D eigenvalue weighted by atomic mass is 10.1. The number of H-pyrrole nitrogens is 1. The maximum absolute atomic E-state index is 11.9. The fourth-order valence-electron chi connectivity index (χ4n) is 2.07. The fourth-order valence-corrected chi connectivity index (χ4v) is 2.07. The standard InChI is InChI=1S/C14H19N3O3/c1-10(6-7-18)8-15-13(19)9-17-12-5-3-2-4-11(12)16-14(17)20/h2-5,10,18H,6-9H2,1H3,(H,15,19)(H,16,20). The van der Waals surface area contributed by atoms with Crippen LogP contribution in [0.4, 0.5) is 0 Å². The number of amides is 1. The molecule has 1 amide bonds. The van der Waals surface area contributed by atoms with Gasteiger partial charge in [0.25, 0.3) is 0 Å². The molecule has 0 radical (unpaired) electrons. The zero-order valence-corrected chi connectivity index (χ0v) is 11.4. The van der Waals surface area contributed by atoms with Gasteiger partial charge in [-0.25, -0.2) is 4.79 Å². The van der Waals surface area contributed by atoms with Crippen molar-refractivity contribution in [3.8, 4) is 0 Å². The summed E-state index contributed by atoms with van der Waals surface area (Å²) in [6.45, 7) is 2.55. The minimum absolute atomic E-state index is 0.00527. The quantitative estimate of drug-likeness (QED) is 0.717. The number of carbonyl (C=O) groups excluding carboxylic acids is 1. The lowest BCUT2D eigenvalue weighted by molar-refractivity contribution is -0.121. The van der Waals surface area contributed by atoms with Crippen LogP contribution in [0.5, 0.6) is 0 Å². The predicted molar refractivity (Wildman–Crippen MR) is 76.4 cm³/mol. The van der Waals surface area contributed by atoms with Gasteiger partial charge >= 0.3 is 5.69 Å². The number of carbonyl (C=O) groups is 1. The second-order valence-electron chi connectivity index (χ2n) is 4.95. The zero-order chi connectivity index (χ0) is 14.5. The summed E-state index contributed by atoms with van der Waals surface area (Å²) in [6, 6.07) is 7.26. The Bertz CT molecular complexity index is 644. The second-order valence-corrected chi connectivity index (χ2v) is 4.95. The Kier molecular flexibility index (Phi) is 4.57. The van der Waals surface area contributed by atoms with Crippen LogP contribution in [-0.4, -0.2) is 33.7 Å². The maximum Gasteiger partial charge on any atom is 0.326 e. The van der Waals surface area contributed by atoms with Crippen LogP contribution < -0.4 is 11.0 Å². The van der Waals surface area contributed by atoms with Gasteiger partial charge in [0, 0.05) is 13.2 Å². The number of benzene rings is 1. The first-order chi connectivity index (χ1) is 9.61. The summed E-state index contributed by atoms with van der Waals surface area (Å²) in [5.74, 6) is 0.00489. The highest BCUT2D eigenvalue weighted by Gasteiger charge is 2.11. The molecule has 3 N–H and O–H groups in total. The Labute approximate surface area is 116 Å². The Morgan fingerprint density at radius 1 is 1.45 bits per heavy atom. The van der Waals surface area contributed by atoms with Gasteiger partial charge in [-0.05, 0) is 24.5 Å². The largest absolute Gasteiger partial charge is 0.396 e. The molecular weight excluding hydrogens is 258 g/mol. The van der Waals surface area contributed by atoms with Crippen LogP contribution in [0.25, 0.3) is 11.0 Å². The zero-order valence-electron chi connectivity index (χ0n) is 11.4. The number of aliphatic hydroxyl groups is 1. The molecule has 1 atom stereocenters. The van der Waals surface area contributed by atoms with Gasteiger partial charge in [0.2, 0.25) is 5.91 Å². The van der Waals surface area contributed by atoms with E-state index in [9.17, 15) is 9.59 Å². The molecule has 0 bridgehead atoms. The molecule has 2 rings (SSSR count). The smallest absolute Gasteiger partial charge is 0.326 e. The van der Waals surface area contributed by atoms with Gasteiger partial charge in [0.1, 0.15) is 6.54 Å². The average molecular weight is 277 g/mol. The molecule has 0 saturated heterocycles. The van der Waals surface area contributed by atoms with Crippen LogP contribution in [0.15, 0.2) is 29.1 Å². The van der Waals surface area contributed by atoms with E-state index in [1.165, 1.54) is 4.57 Å². The lowest BCUT2D eigenvalue weighted by Crippen LogP contribution is -2.34. The summed E-state index contributed by atoms with van der Waals surface area (Å²) >= 11 is 0. The number of fused-ring (bicyclic) bond motifs is 1. The van der Waals surface area contributed by atoms with Gasteiger partial charge in [-0.1, -0.05) is 19.1 Å². The molecule has 20 heavy (non-hydrogen) atoms. The first-order valence-electron chi connectivity index (χ1n) is 6.67. The SMILES string of the molecule is CC(CCO)CNC(=O)Cn1c(=O)[nH]c2ccccc21. The summed E-state index contributed by atoms with van der Waals surface area (Å²) in [4.78, 5) is 26.4. The maximum atomic E-state index is 11.9. The van der Waals surface area contributed by atoms with Crippen LogP contribution >= 0.6 is 0 Å². The number of nitrogens with zero attached hydrogens (tertiary/aromatic N) is 1. The number of aliphatic hydroxyl groups excluding tert-OH is 1. The molecule has 0 fully saturated rings. The van der Waals surface area contributed by atoms with Crippen LogP contribution in [0, 0.1) is 5.92 Å². The molecule has 0 spiro atoms.